The quantitative estimate of drug-likeness (QED) is 0.721. The van der Waals surface area contributed by atoms with Crippen LogP contribution in [0.3, 0.4) is 0 Å². The number of aromatic nitrogens is 5. The lowest BCUT2D eigenvalue weighted by atomic mass is 10.0. The Morgan fingerprint density at radius 3 is 2.86 bits per heavy atom. The van der Waals surface area contributed by atoms with Gasteiger partial charge in [0, 0.05) is 12.7 Å². The molecule has 28 heavy (non-hydrogen) atoms. The molecular formula is C17H17F3N6O2. The number of hydrogen-bond acceptors (Lipinski definition) is 4. The molecule has 1 N–H and O–H groups in total. The molecule has 148 valence electrons. The van der Waals surface area contributed by atoms with Gasteiger partial charge >= 0.3 is 6.18 Å². The van der Waals surface area contributed by atoms with E-state index in [2.05, 4.69) is 15.2 Å². The third-order valence-corrected chi connectivity index (χ3v) is 4.97. The minimum Gasteiger partial charge on any atom is -0.326 e. The van der Waals surface area contributed by atoms with E-state index in [1.807, 2.05) is 0 Å². The second-order valence-corrected chi connectivity index (χ2v) is 6.72. The molecule has 0 spiro atoms. The summed E-state index contributed by atoms with van der Waals surface area (Å²) in [5.74, 6) is -0.661. The van der Waals surface area contributed by atoms with Crippen molar-refractivity contribution in [1.29, 1.82) is 0 Å². The fraction of sp³-hybridized carbons (Fsp3) is 0.412. The van der Waals surface area contributed by atoms with E-state index in [0.717, 1.165) is 4.90 Å². The molecular weight excluding hydrogens is 377 g/mol. The van der Waals surface area contributed by atoms with E-state index < -0.39 is 23.7 Å². The number of carbonyl (C=O) groups is 1. The Labute approximate surface area is 156 Å². The van der Waals surface area contributed by atoms with Crippen molar-refractivity contribution in [3.8, 4) is 5.95 Å². The van der Waals surface area contributed by atoms with E-state index in [0.29, 0.717) is 24.1 Å². The zero-order valence-corrected chi connectivity index (χ0v) is 14.9. The third kappa shape index (κ3) is 2.96. The summed E-state index contributed by atoms with van der Waals surface area (Å²) in [6.07, 6.45) is -0.854. The number of H-pyrrole nitrogens is 1. The SMILES string of the molecule is Cc1c(C(=O)N2CCCCC2C(F)(F)F)cnn1-c1nn2cccc2c(=O)[nH]1. The Bertz CT molecular complexity index is 1100. The van der Waals surface area contributed by atoms with Gasteiger partial charge in [0.1, 0.15) is 11.6 Å². The van der Waals surface area contributed by atoms with Crippen molar-refractivity contribution >= 4 is 11.4 Å². The van der Waals surface area contributed by atoms with E-state index >= 15 is 0 Å². The molecule has 1 fully saturated rings. The van der Waals surface area contributed by atoms with Gasteiger partial charge in [0.25, 0.3) is 11.5 Å². The van der Waals surface area contributed by atoms with Crippen LogP contribution in [0.1, 0.15) is 35.3 Å². The highest BCUT2D eigenvalue weighted by molar-refractivity contribution is 5.95. The van der Waals surface area contributed by atoms with Crippen LogP contribution in [0.2, 0.25) is 0 Å². The maximum absolute atomic E-state index is 13.3. The monoisotopic (exact) mass is 394 g/mol. The number of aromatic amines is 1. The lowest BCUT2D eigenvalue weighted by Gasteiger charge is -2.36. The lowest BCUT2D eigenvalue weighted by Crippen LogP contribution is -2.51. The van der Waals surface area contributed by atoms with Gasteiger partial charge in [-0.1, -0.05) is 0 Å². The summed E-state index contributed by atoms with van der Waals surface area (Å²) in [7, 11) is 0. The molecule has 1 aliphatic heterocycles. The number of piperidine rings is 1. The molecule has 0 aliphatic carbocycles. The van der Waals surface area contributed by atoms with Gasteiger partial charge in [0.05, 0.1) is 17.5 Å². The van der Waals surface area contributed by atoms with Crippen molar-refractivity contribution in [1.82, 2.24) is 29.3 Å². The van der Waals surface area contributed by atoms with Gasteiger partial charge in [-0.25, -0.2) is 9.20 Å². The Morgan fingerprint density at radius 1 is 1.32 bits per heavy atom. The summed E-state index contributed by atoms with van der Waals surface area (Å²) in [4.78, 5) is 28.4. The van der Waals surface area contributed by atoms with Crippen molar-refractivity contribution in [2.24, 2.45) is 0 Å². The molecule has 0 saturated carbocycles. The van der Waals surface area contributed by atoms with Crippen LogP contribution < -0.4 is 5.56 Å². The molecule has 0 bridgehead atoms. The zero-order chi connectivity index (χ0) is 20.1. The highest BCUT2D eigenvalue weighted by Gasteiger charge is 2.46. The van der Waals surface area contributed by atoms with Crippen LogP contribution >= 0.6 is 0 Å². The molecule has 4 rings (SSSR count). The number of alkyl halides is 3. The number of hydrogen-bond donors (Lipinski definition) is 1. The van der Waals surface area contributed by atoms with Gasteiger partial charge in [-0.2, -0.15) is 18.3 Å². The number of fused-ring (bicyclic) bond motifs is 1. The highest BCUT2D eigenvalue weighted by atomic mass is 19.4. The average molecular weight is 394 g/mol. The Kier molecular flexibility index (Phi) is 4.24. The number of nitrogens with one attached hydrogen (secondary N) is 1. The van der Waals surface area contributed by atoms with Crippen LogP contribution in [-0.2, 0) is 0 Å². The van der Waals surface area contributed by atoms with E-state index in [-0.39, 0.29) is 24.5 Å². The topological polar surface area (TPSA) is 88.3 Å². The molecule has 3 aromatic heterocycles. The van der Waals surface area contributed by atoms with Gasteiger partial charge < -0.3 is 4.90 Å². The molecule has 0 aromatic carbocycles. The molecule has 8 nitrogen and oxygen atoms in total. The summed E-state index contributed by atoms with van der Waals surface area (Å²) in [5.41, 5.74) is 0.287. The zero-order valence-electron chi connectivity index (χ0n) is 14.9. The van der Waals surface area contributed by atoms with Gasteiger partial charge in [-0.15, -0.1) is 5.10 Å². The normalized spacial score (nSPS) is 18.0. The average Bonchev–Trinajstić information content (AvgIpc) is 3.27. The minimum absolute atomic E-state index is 0.0397. The second kappa shape index (κ2) is 6.50. The Balaban J connectivity index is 1.71. The lowest BCUT2D eigenvalue weighted by molar-refractivity contribution is -0.183. The summed E-state index contributed by atoms with van der Waals surface area (Å²) in [6.45, 7) is 1.59. The maximum Gasteiger partial charge on any atom is 0.408 e. The number of likely N-dealkylation sites (tertiary alicyclic amines) is 1. The van der Waals surface area contributed by atoms with Crippen LogP contribution in [0.15, 0.2) is 29.3 Å². The predicted molar refractivity (Wildman–Crippen MR) is 92.4 cm³/mol. The number of carbonyl (C=O) groups excluding carboxylic acids is 1. The standard InChI is InChI=1S/C17H17F3N6O2/c1-10-11(15(28)24-7-3-2-6-13(24)17(18,19)20)9-21-26(10)16-22-14(27)12-5-4-8-25(12)23-16/h4-5,8-9,13H,2-3,6-7H2,1H3,(H,22,23,27). The van der Waals surface area contributed by atoms with E-state index in [4.69, 9.17) is 0 Å². The van der Waals surface area contributed by atoms with Crippen LogP contribution in [0.5, 0.6) is 0 Å². The first-order valence-electron chi connectivity index (χ1n) is 8.77. The van der Waals surface area contributed by atoms with E-state index in [9.17, 15) is 22.8 Å². The first kappa shape index (κ1) is 18.3. The largest absolute Gasteiger partial charge is 0.408 e. The third-order valence-electron chi connectivity index (χ3n) is 4.97. The fourth-order valence-corrected chi connectivity index (χ4v) is 3.53. The molecule has 4 heterocycles. The number of amides is 1. The van der Waals surface area contributed by atoms with Crippen LogP contribution in [-0.4, -0.2) is 53.9 Å². The molecule has 11 heteroatoms. The minimum atomic E-state index is -4.48. The van der Waals surface area contributed by atoms with Crippen molar-refractivity contribution in [3.63, 3.8) is 0 Å². The Hall–Kier alpha value is -3.11. The number of rotatable bonds is 2. The fourth-order valence-electron chi connectivity index (χ4n) is 3.53. The number of nitrogens with zero attached hydrogens (tertiary/aromatic N) is 5. The molecule has 1 aliphatic rings. The molecule has 1 amide bonds. The summed E-state index contributed by atoms with van der Waals surface area (Å²) in [5, 5.41) is 8.29. The van der Waals surface area contributed by atoms with Gasteiger partial charge in [0.2, 0.25) is 5.95 Å². The van der Waals surface area contributed by atoms with E-state index in [1.165, 1.54) is 15.4 Å². The van der Waals surface area contributed by atoms with Crippen LogP contribution in [0.4, 0.5) is 13.2 Å². The molecule has 1 unspecified atom stereocenters. The second-order valence-electron chi connectivity index (χ2n) is 6.72. The molecule has 1 saturated heterocycles. The summed E-state index contributed by atoms with van der Waals surface area (Å²) >= 11 is 0. The summed E-state index contributed by atoms with van der Waals surface area (Å²) in [6, 6.07) is 1.44. The van der Waals surface area contributed by atoms with Crippen molar-refractivity contribution < 1.29 is 18.0 Å². The first-order valence-corrected chi connectivity index (χ1v) is 8.77. The van der Waals surface area contributed by atoms with Gasteiger partial charge in [0.15, 0.2) is 0 Å². The number of halogens is 3. The van der Waals surface area contributed by atoms with Crippen molar-refractivity contribution in [3.05, 3.63) is 46.1 Å². The van der Waals surface area contributed by atoms with Crippen molar-refractivity contribution in [2.75, 3.05) is 6.54 Å². The smallest absolute Gasteiger partial charge is 0.326 e. The van der Waals surface area contributed by atoms with E-state index in [1.54, 1.807) is 25.3 Å². The molecule has 0 radical (unpaired) electrons. The van der Waals surface area contributed by atoms with Crippen LogP contribution in [0.25, 0.3) is 11.5 Å². The molecule has 3 aromatic rings. The Morgan fingerprint density at radius 2 is 2.11 bits per heavy atom. The van der Waals surface area contributed by atoms with Crippen molar-refractivity contribution in [2.45, 2.75) is 38.4 Å². The van der Waals surface area contributed by atoms with Gasteiger partial charge in [-0.05, 0) is 38.3 Å². The summed E-state index contributed by atoms with van der Waals surface area (Å²) < 4.78 is 42.6. The highest BCUT2D eigenvalue weighted by Crippen LogP contribution is 2.33. The maximum atomic E-state index is 13.3. The molecule has 1 atom stereocenters. The predicted octanol–water partition coefficient (Wildman–Crippen LogP) is 2.07. The van der Waals surface area contributed by atoms with Gasteiger partial charge in [-0.3, -0.25) is 14.6 Å². The first-order chi connectivity index (χ1) is 13.3. The van der Waals surface area contributed by atoms with Crippen LogP contribution in [0, 0.1) is 6.92 Å².